The summed E-state index contributed by atoms with van der Waals surface area (Å²) in [6.07, 6.45) is 13.3. The Morgan fingerprint density at radius 3 is 1.09 bits per heavy atom. The molecule has 0 spiro atoms. The molecule has 0 saturated heterocycles. The van der Waals surface area contributed by atoms with E-state index in [9.17, 15) is 9.59 Å². The lowest BCUT2D eigenvalue weighted by molar-refractivity contribution is -0.126. The molecule has 4 nitrogen and oxygen atoms in total. The van der Waals surface area contributed by atoms with Crippen LogP contribution in [0.1, 0.15) is 133 Å². The third kappa shape index (κ3) is 8.60. The van der Waals surface area contributed by atoms with E-state index in [0.717, 1.165) is 67.2 Å². The van der Waals surface area contributed by atoms with Crippen LogP contribution in [-0.2, 0) is 29.9 Å². The minimum atomic E-state index is -0.646. The number of hydrogen-bond acceptors (Lipinski definition) is 4. The van der Waals surface area contributed by atoms with Crippen molar-refractivity contribution in [3.63, 3.8) is 0 Å². The molecule has 6 rings (SSSR count). The molecule has 0 N–H and O–H groups in total. The van der Waals surface area contributed by atoms with Crippen molar-refractivity contribution in [2.75, 3.05) is 26.4 Å². The summed E-state index contributed by atoms with van der Waals surface area (Å²) in [4.78, 5) is 27.2. The molecule has 2 aliphatic rings. The van der Waals surface area contributed by atoms with Gasteiger partial charge in [-0.15, -0.1) is 0 Å². The van der Waals surface area contributed by atoms with Crippen LogP contribution >= 0.6 is 0 Å². The minimum absolute atomic E-state index is 0.308. The van der Waals surface area contributed by atoms with E-state index in [-0.39, 0.29) is 0 Å². The van der Waals surface area contributed by atoms with E-state index >= 15 is 0 Å². The molecule has 282 valence electrons. The van der Waals surface area contributed by atoms with Crippen molar-refractivity contribution < 1.29 is 19.1 Å². The van der Waals surface area contributed by atoms with E-state index < -0.39 is 10.8 Å². The molecule has 0 heterocycles. The molecule has 4 heteroatoms. The first-order valence-corrected chi connectivity index (χ1v) is 20.6. The fourth-order valence-electron chi connectivity index (χ4n) is 8.42. The van der Waals surface area contributed by atoms with Crippen LogP contribution in [0.4, 0.5) is 0 Å². The Morgan fingerprint density at radius 2 is 0.755 bits per heavy atom. The van der Waals surface area contributed by atoms with Crippen molar-refractivity contribution in [3.8, 4) is 22.3 Å². The average molecular weight is 715 g/mol. The van der Waals surface area contributed by atoms with Crippen LogP contribution in [-0.4, -0.2) is 38.0 Å². The first-order chi connectivity index (χ1) is 26.0. The van der Waals surface area contributed by atoms with Gasteiger partial charge in [-0.3, -0.25) is 9.59 Å². The fraction of sp³-hybridized carbons (Fsp3) is 0.469. The van der Waals surface area contributed by atoms with Crippen molar-refractivity contribution in [3.05, 3.63) is 119 Å². The van der Waals surface area contributed by atoms with E-state index in [0.29, 0.717) is 50.8 Å². The van der Waals surface area contributed by atoms with Gasteiger partial charge in [0.25, 0.3) is 0 Å². The number of rotatable bonds is 21. The lowest BCUT2D eigenvalue weighted by Gasteiger charge is -2.30. The quantitative estimate of drug-likeness (QED) is 0.0806. The Balaban J connectivity index is 0.000000204. The maximum atomic E-state index is 13.6. The Kier molecular flexibility index (Phi) is 15.2. The number of hydrogen-bond donors (Lipinski definition) is 0. The van der Waals surface area contributed by atoms with E-state index in [4.69, 9.17) is 9.47 Å². The number of ketones is 2. The Bertz CT molecular complexity index is 1680. The molecule has 0 atom stereocenters. The summed E-state index contributed by atoms with van der Waals surface area (Å²) in [5, 5.41) is 0. The summed E-state index contributed by atoms with van der Waals surface area (Å²) >= 11 is 0. The maximum Gasteiger partial charge on any atom is 0.150 e. The van der Waals surface area contributed by atoms with Crippen molar-refractivity contribution in [2.24, 2.45) is 0 Å². The lowest BCUT2D eigenvalue weighted by atomic mass is 9.73. The summed E-state index contributed by atoms with van der Waals surface area (Å²) in [6.45, 7) is 11.0. The number of Topliss-reactive ketones (excluding diaryl/α,β-unsaturated/α-hetero) is 2. The predicted molar refractivity (Wildman–Crippen MR) is 220 cm³/mol. The first kappa shape index (κ1) is 40.3. The minimum Gasteiger partial charge on any atom is -0.380 e. The van der Waals surface area contributed by atoms with Crippen LogP contribution in [0.25, 0.3) is 22.3 Å². The number of ether oxygens (including phenoxy) is 2. The molecule has 4 aromatic rings. The molecular formula is C49H62O4. The van der Waals surface area contributed by atoms with Crippen molar-refractivity contribution in [2.45, 2.75) is 122 Å². The number of carbonyl (C=O) groups excluding carboxylic acids is 2. The van der Waals surface area contributed by atoms with Crippen LogP contribution < -0.4 is 0 Å². The predicted octanol–water partition coefficient (Wildman–Crippen LogP) is 12.2. The van der Waals surface area contributed by atoms with Gasteiger partial charge in [-0.05, 0) is 70.2 Å². The molecule has 0 aromatic heterocycles. The highest BCUT2D eigenvalue weighted by atomic mass is 16.5. The molecule has 0 unspecified atom stereocenters. The number of fused-ring (bicyclic) bond motifs is 6. The van der Waals surface area contributed by atoms with Crippen LogP contribution in [0.15, 0.2) is 97.1 Å². The number of unbranched alkanes of at least 4 members (excludes halogenated alkanes) is 7. The second-order valence-corrected chi connectivity index (χ2v) is 14.9. The summed E-state index contributed by atoms with van der Waals surface area (Å²) in [6, 6.07) is 33.5. The van der Waals surface area contributed by atoms with E-state index in [1.54, 1.807) is 0 Å². The van der Waals surface area contributed by atoms with Gasteiger partial charge in [-0.1, -0.05) is 170 Å². The smallest absolute Gasteiger partial charge is 0.150 e. The maximum absolute atomic E-state index is 13.6. The zero-order valence-corrected chi connectivity index (χ0v) is 32.9. The SMILES string of the molecule is CCCCCCC(=O)C1(COCCC)c2ccccc2-c2ccccc21.CCCCCCC(=O)C1(COCCCC)c2ccccc2-c2ccccc21. The van der Waals surface area contributed by atoms with Gasteiger partial charge in [0.15, 0.2) is 0 Å². The topological polar surface area (TPSA) is 52.6 Å². The third-order valence-electron chi connectivity index (χ3n) is 11.2. The third-order valence-corrected chi connectivity index (χ3v) is 11.2. The van der Waals surface area contributed by atoms with Crippen molar-refractivity contribution in [1.29, 1.82) is 0 Å². The normalized spacial score (nSPS) is 14.0. The second kappa shape index (κ2) is 20.0. The molecule has 0 radical (unpaired) electrons. The lowest BCUT2D eigenvalue weighted by Crippen LogP contribution is -2.40. The number of benzene rings is 4. The van der Waals surface area contributed by atoms with Crippen LogP contribution in [0.5, 0.6) is 0 Å². The molecule has 0 aliphatic heterocycles. The Hall–Kier alpha value is -3.86. The highest BCUT2D eigenvalue weighted by Crippen LogP contribution is 2.51. The van der Waals surface area contributed by atoms with E-state index in [1.807, 2.05) is 12.1 Å². The highest BCUT2D eigenvalue weighted by molar-refractivity contribution is 6.03. The Morgan fingerprint density at radius 1 is 0.415 bits per heavy atom. The molecular weight excluding hydrogens is 653 g/mol. The zero-order valence-electron chi connectivity index (χ0n) is 32.9. The van der Waals surface area contributed by atoms with E-state index in [1.165, 1.54) is 47.9 Å². The van der Waals surface area contributed by atoms with Gasteiger partial charge in [-0.25, -0.2) is 0 Å². The van der Waals surface area contributed by atoms with Gasteiger partial charge in [0.05, 0.1) is 13.2 Å². The number of carbonyl (C=O) groups is 2. The highest BCUT2D eigenvalue weighted by Gasteiger charge is 2.49. The monoisotopic (exact) mass is 714 g/mol. The van der Waals surface area contributed by atoms with E-state index in [2.05, 4.69) is 113 Å². The van der Waals surface area contributed by atoms with Gasteiger partial charge >= 0.3 is 0 Å². The first-order valence-electron chi connectivity index (χ1n) is 20.6. The molecule has 0 saturated carbocycles. The average Bonchev–Trinajstić information content (AvgIpc) is 3.65. The standard InChI is InChI=1S/C25H32O2.C24H30O2/c1-3-5-7-8-17-24(26)25(19-27-18-6-4-2)22-15-11-9-13-20(22)21-14-10-12-16-23(21)25;1-3-5-6-7-16-23(25)24(18-26-17-4-2)21-14-10-8-12-19(21)20-13-9-11-15-22(20)24/h9-16H,3-8,17-19H2,1-2H3;8-15H,3-7,16-18H2,1-2H3. The van der Waals surface area contributed by atoms with Crippen molar-refractivity contribution >= 4 is 11.6 Å². The molecule has 53 heavy (non-hydrogen) atoms. The summed E-state index contributed by atoms with van der Waals surface area (Å²) in [7, 11) is 0. The molecule has 4 aromatic carbocycles. The molecule has 0 bridgehead atoms. The van der Waals surface area contributed by atoms with Crippen LogP contribution in [0.3, 0.4) is 0 Å². The molecule has 0 fully saturated rings. The largest absolute Gasteiger partial charge is 0.380 e. The van der Waals surface area contributed by atoms with Crippen molar-refractivity contribution in [1.82, 2.24) is 0 Å². The molecule has 0 amide bonds. The van der Waals surface area contributed by atoms with Gasteiger partial charge in [0.2, 0.25) is 0 Å². The summed E-state index contributed by atoms with van der Waals surface area (Å²) in [5.74, 6) is 0.620. The fourth-order valence-corrected chi connectivity index (χ4v) is 8.42. The van der Waals surface area contributed by atoms with Gasteiger partial charge in [0, 0.05) is 26.1 Å². The van der Waals surface area contributed by atoms with Crippen LogP contribution in [0, 0.1) is 0 Å². The second-order valence-electron chi connectivity index (χ2n) is 14.9. The summed E-state index contributed by atoms with van der Waals surface area (Å²) in [5.41, 5.74) is 7.96. The van der Waals surface area contributed by atoms with Gasteiger partial charge in [0.1, 0.15) is 22.4 Å². The zero-order chi connectivity index (χ0) is 37.5. The summed E-state index contributed by atoms with van der Waals surface area (Å²) < 4.78 is 12.1. The molecule has 2 aliphatic carbocycles. The van der Waals surface area contributed by atoms with Gasteiger partial charge in [-0.2, -0.15) is 0 Å². The van der Waals surface area contributed by atoms with Crippen LogP contribution in [0.2, 0.25) is 0 Å². The van der Waals surface area contributed by atoms with Gasteiger partial charge < -0.3 is 9.47 Å². The Labute approximate surface area is 319 Å².